The highest BCUT2D eigenvalue weighted by molar-refractivity contribution is 9.10. The molecule has 1 rings (SSSR count). The largest absolute Gasteiger partial charge is 0.341 e. The summed E-state index contributed by atoms with van der Waals surface area (Å²) >= 11 is 3.39. The molecule has 1 N–H and O–H groups in total. The summed E-state index contributed by atoms with van der Waals surface area (Å²) in [5.41, 5.74) is 1.71. The van der Waals surface area contributed by atoms with Crippen molar-refractivity contribution in [2.45, 2.75) is 13.8 Å². The summed E-state index contributed by atoms with van der Waals surface area (Å²) in [5, 5.41) is 2.72. The highest BCUT2D eigenvalue weighted by atomic mass is 79.9. The molecule has 0 aromatic heterocycles. The quantitative estimate of drug-likeness (QED) is 0.819. The predicted molar refractivity (Wildman–Crippen MR) is 64.7 cm³/mol. The summed E-state index contributed by atoms with van der Waals surface area (Å²) < 4.78 is 1.01. The predicted octanol–water partition coefficient (Wildman–Crippen LogP) is 2.51. The number of aryl methyl sites for hydroxylation is 1. The van der Waals surface area contributed by atoms with E-state index in [2.05, 4.69) is 33.1 Å². The molecule has 1 aromatic carbocycles. The molecule has 0 aliphatic rings. The van der Waals surface area contributed by atoms with Gasteiger partial charge in [-0.05, 0) is 37.6 Å². The van der Waals surface area contributed by atoms with E-state index in [1.807, 2.05) is 19.1 Å². The smallest absolute Gasteiger partial charge is 0.252 e. The lowest BCUT2D eigenvalue weighted by Gasteiger charge is -2.03. The molecule has 2 nitrogen and oxygen atoms in total. The standard InChI is InChI=1S/C12H12BrNO/c1-3-4-7-14-12(15)10-5-6-11(13)9(2)8-10/h5-6,8H,7H2,1-2H3,(H,14,15). The summed E-state index contributed by atoms with van der Waals surface area (Å²) in [4.78, 5) is 11.6. The highest BCUT2D eigenvalue weighted by Gasteiger charge is 2.05. The lowest BCUT2D eigenvalue weighted by Crippen LogP contribution is -2.23. The van der Waals surface area contributed by atoms with Crippen LogP contribution in [0.4, 0.5) is 0 Å². The number of halogens is 1. The first kappa shape index (κ1) is 11.8. The zero-order valence-corrected chi connectivity index (χ0v) is 10.3. The molecule has 0 saturated carbocycles. The molecular weight excluding hydrogens is 254 g/mol. The van der Waals surface area contributed by atoms with Crippen molar-refractivity contribution >= 4 is 21.8 Å². The Bertz CT molecular complexity index is 429. The van der Waals surface area contributed by atoms with Crippen LogP contribution < -0.4 is 5.32 Å². The Labute approximate surface area is 98.2 Å². The Morgan fingerprint density at radius 1 is 1.53 bits per heavy atom. The third-order valence-electron chi connectivity index (χ3n) is 1.93. The lowest BCUT2D eigenvalue weighted by molar-refractivity contribution is 0.0958. The molecule has 0 aliphatic heterocycles. The number of hydrogen-bond acceptors (Lipinski definition) is 1. The molecule has 78 valence electrons. The molecule has 0 radical (unpaired) electrons. The molecular formula is C12H12BrNO. The first-order chi connectivity index (χ1) is 7.15. The summed E-state index contributed by atoms with van der Waals surface area (Å²) in [7, 11) is 0. The van der Waals surface area contributed by atoms with Crippen LogP contribution in [0, 0.1) is 18.8 Å². The van der Waals surface area contributed by atoms with Crippen LogP contribution in [0.5, 0.6) is 0 Å². The monoisotopic (exact) mass is 265 g/mol. The van der Waals surface area contributed by atoms with Crippen molar-refractivity contribution in [2.24, 2.45) is 0 Å². The zero-order chi connectivity index (χ0) is 11.3. The van der Waals surface area contributed by atoms with Crippen molar-refractivity contribution in [3.05, 3.63) is 33.8 Å². The summed E-state index contributed by atoms with van der Waals surface area (Å²) in [6.45, 7) is 4.09. The van der Waals surface area contributed by atoms with E-state index in [4.69, 9.17) is 0 Å². The Morgan fingerprint density at radius 3 is 2.87 bits per heavy atom. The second kappa shape index (κ2) is 5.57. The van der Waals surface area contributed by atoms with Crippen molar-refractivity contribution in [1.82, 2.24) is 5.32 Å². The fourth-order valence-electron chi connectivity index (χ4n) is 1.10. The maximum absolute atomic E-state index is 11.6. The Hall–Kier alpha value is -1.27. The maximum Gasteiger partial charge on any atom is 0.252 e. The molecule has 0 saturated heterocycles. The van der Waals surface area contributed by atoms with Crippen molar-refractivity contribution in [1.29, 1.82) is 0 Å². The molecule has 3 heteroatoms. The third kappa shape index (κ3) is 3.41. The molecule has 0 fully saturated rings. The number of hydrogen-bond donors (Lipinski definition) is 1. The first-order valence-electron chi connectivity index (χ1n) is 4.59. The van der Waals surface area contributed by atoms with Crippen LogP contribution in [-0.2, 0) is 0 Å². The van der Waals surface area contributed by atoms with Crippen LogP contribution >= 0.6 is 15.9 Å². The van der Waals surface area contributed by atoms with Gasteiger partial charge in [0.05, 0.1) is 6.54 Å². The van der Waals surface area contributed by atoms with Gasteiger partial charge in [-0.2, -0.15) is 0 Å². The number of nitrogens with one attached hydrogen (secondary N) is 1. The molecule has 1 amide bonds. The fourth-order valence-corrected chi connectivity index (χ4v) is 1.35. The number of amides is 1. The van der Waals surface area contributed by atoms with E-state index in [0.29, 0.717) is 12.1 Å². The van der Waals surface area contributed by atoms with Gasteiger partial charge < -0.3 is 5.32 Å². The second-order valence-electron chi connectivity index (χ2n) is 3.07. The molecule has 0 aliphatic carbocycles. The van der Waals surface area contributed by atoms with E-state index in [1.54, 1.807) is 13.0 Å². The van der Waals surface area contributed by atoms with E-state index in [1.165, 1.54) is 0 Å². The number of carbonyl (C=O) groups excluding carboxylic acids is 1. The number of benzene rings is 1. The van der Waals surface area contributed by atoms with Crippen molar-refractivity contribution in [3.8, 4) is 11.8 Å². The van der Waals surface area contributed by atoms with Crippen LogP contribution in [0.2, 0.25) is 0 Å². The third-order valence-corrected chi connectivity index (χ3v) is 2.82. The number of carbonyl (C=O) groups is 1. The van der Waals surface area contributed by atoms with Gasteiger partial charge in [0, 0.05) is 10.0 Å². The lowest BCUT2D eigenvalue weighted by atomic mass is 10.1. The van der Waals surface area contributed by atoms with Crippen LogP contribution in [-0.4, -0.2) is 12.5 Å². The van der Waals surface area contributed by atoms with Crippen LogP contribution in [0.25, 0.3) is 0 Å². The van der Waals surface area contributed by atoms with E-state index in [-0.39, 0.29) is 5.91 Å². The van der Waals surface area contributed by atoms with Gasteiger partial charge in [0.2, 0.25) is 0 Å². The van der Waals surface area contributed by atoms with E-state index < -0.39 is 0 Å². The van der Waals surface area contributed by atoms with Gasteiger partial charge in [-0.3, -0.25) is 4.79 Å². The zero-order valence-electron chi connectivity index (χ0n) is 8.73. The average molecular weight is 266 g/mol. The van der Waals surface area contributed by atoms with Gasteiger partial charge in [-0.1, -0.05) is 21.9 Å². The Balaban J connectivity index is 2.72. The van der Waals surface area contributed by atoms with Gasteiger partial charge in [0.15, 0.2) is 0 Å². The highest BCUT2D eigenvalue weighted by Crippen LogP contribution is 2.16. The molecule has 0 heterocycles. The van der Waals surface area contributed by atoms with Gasteiger partial charge in [0.1, 0.15) is 0 Å². The van der Waals surface area contributed by atoms with E-state index in [9.17, 15) is 4.79 Å². The van der Waals surface area contributed by atoms with Crippen LogP contribution in [0.15, 0.2) is 22.7 Å². The number of rotatable bonds is 2. The molecule has 1 aromatic rings. The summed E-state index contributed by atoms with van der Waals surface area (Å²) in [6.07, 6.45) is 0. The summed E-state index contributed by atoms with van der Waals surface area (Å²) in [5.74, 6) is 5.42. The normalized spacial score (nSPS) is 9.00. The average Bonchev–Trinajstić information content (AvgIpc) is 2.22. The minimum atomic E-state index is -0.0895. The molecule has 0 spiro atoms. The van der Waals surface area contributed by atoms with E-state index in [0.717, 1.165) is 10.0 Å². The minimum absolute atomic E-state index is 0.0895. The van der Waals surface area contributed by atoms with Crippen molar-refractivity contribution in [3.63, 3.8) is 0 Å². The topological polar surface area (TPSA) is 29.1 Å². The van der Waals surface area contributed by atoms with Gasteiger partial charge in [0.25, 0.3) is 5.91 Å². The summed E-state index contributed by atoms with van der Waals surface area (Å²) in [6, 6.07) is 5.50. The van der Waals surface area contributed by atoms with Gasteiger partial charge in [-0.25, -0.2) is 0 Å². The first-order valence-corrected chi connectivity index (χ1v) is 5.38. The van der Waals surface area contributed by atoms with Crippen LogP contribution in [0.3, 0.4) is 0 Å². The second-order valence-corrected chi connectivity index (χ2v) is 3.93. The SMILES string of the molecule is CC#CCNC(=O)c1ccc(Br)c(C)c1. The molecule has 0 unspecified atom stereocenters. The van der Waals surface area contributed by atoms with Crippen molar-refractivity contribution < 1.29 is 4.79 Å². The maximum atomic E-state index is 11.6. The Morgan fingerprint density at radius 2 is 2.27 bits per heavy atom. The molecule has 15 heavy (non-hydrogen) atoms. The van der Waals surface area contributed by atoms with Gasteiger partial charge >= 0.3 is 0 Å². The van der Waals surface area contributed by atoms with Crippen molar-refractivity contribution in [2.75, 3.05) is 6.54 Å². The molecule has 0 atom stereocenters. The fraction of sp³-hybridized carbons (Fsp3) is 0.250. The van der Waals surface area contributed by atoms with E-state index >= 15 is 0 Å². The minimum Gasteiger partial charge on any atom is -0.341 e. The van der Waals surface area contributed by atoms with Gasteiger partial charge in [-0.15, -0.1) is 5.92 Å². The van der Waals surface area contributed by atoms with Crippen LogP contribution in [0.1, 0.15) is 22.8 Å². The Kier molecular flexibility index (Phi) is 4.38. The molecule has 0 bridgehead atoms.